The number of ether oxygens (including phenoxy) is 1. The van der Waals surface area contributed by atoms with Crippen LogP contribution in [-0.4, -0.2) is 22.5 Å². The van der Waals surface area contributed by atoms with Crippen molar-refractivity contribution < 1.29 is 9.53 Å². The molecule has 0 aliphatic heterocycles. The Hall–Kier alpha value is -1.85. The second-order valence-electron chi connectivity index (χ2n) is 4.95. The number of carbonyl (C=O) groups is 1. The van der Waals surface area contributed by atoms with Gasteiger partial charge in [-0.2, -0.15) is 0 Å². The Balaban J connectivity index is 2.11. The number of primary amides is 1. The van der Waals surface area contributed by atoms with Crippen LogP contribution in [0.2, 0.25) is 10.3 Å². The summed E-state index contributed by atoms with van der Waals surface area (Å²) in [4.78, 5) is 19.1. The van der Waals surface area contributed by atoms with E-state index in [0.29, 0.717) is 18.2 Å². The first kappa shape index (κ1) is 16.5. The van der Waals surface area contributed by atoms with Crippen molar-refractivity contribution in [2.45, 2.75) is 13.3 Å². The van der Waals surface area contributed by atoms with Gasteiger partial charge in [0.1, 0.15) is 16.1 Å². The predicted octanol–water partition coefficient (Wildman–Crippen LogP) is 3.34. The minimum atomic E-state index is -0.341. The van der Waals surface area contributed by atoms with Crippen LogP contribution in [0, 0.1) is 5.92 Å². The van der Waals surface area contributed by atoms with Crippen molar-refractivity contribution in [1.29, 1.82) is 0 Å². The number of carbonyl (C=O) groups excluding carboxylic acids is 1. The number of halogens is 2. The molecule has 0 aliphatic rings. The summed E-state index contributed by atoms with van der Waals surface area (Å²) in [6.45, 7) is 2.29. The summed E-state index contributed by atoms with van der Waals surface area (Å²) in [6, 6.07) is 8.73. The minimum Gasteiger partial charge on any atom is -0.493 e. The molecule has 0 bridgehead atoms. The molecule has 0 fully saturated rings. The van der Waals surface area contributed by atoms with Crippen LogP contribution < -0.4 is 10.5 Å². The second kappa shape index (κ2) is 7.42. The highest BCUT2D eigenvalue weighted by Gasteiger charge is 2.09. The van der Waals surface area contributed by atoms with Gasteiger partial charge in [0.25, 0.3) is 0 Å². The fourth-order valence-electron chi connectivity index (χ4n) is 1.89. The van der Waals surface area contributed by atoms with Gasteiger partial charge < -0.3 is 10.5 Å². The maximum absolute atomic E-state index is 10.8. The maximum atomic E-state index is 10.8. The molecule has 0 saturated heterocycles. The molecule has 1 unspecified atom stereocenters. The maximum Gasteiger partial charge on any atom is 0.217 e. The molecule has 1 aromatic heterocycles. The van der Waals surface area contributed by atoms with E-state index in [-0.39, 0.29) is 28.6 Å². The highest BCUT2D eigenvalue weighted by molar-refractivity contribution is 6.33. The summed E-state index contributed by atoms with van der Waals surface area (Å²) in [6.07, 6.45) is 0.284. The minimum absolute atomic E-state index is 0.0398. The first-order valence-corrected chi connectivity index (χ1v) is 7.41. The van der Waals surface area contributed by atoms with E-state index < -0.39 is 0 Å². The lowest BCUT2D eigenvalue weighted by molar-refractivity contribution is -0.119. The zero-order valence-electron chi connectivity index (χ0n) is 11.9. The topological polar surface area (TPSA) is 78.1 Å². The molecule has 0 spiro atoms. The van der Waals surface area contributed by atoms with E-state index in [2.05, 4.69) is 9.97 Å². The number of aromatic nitrogens is 2. The van der Waals surface area contributed by atoms with Gasteiger partial charge in [0, 0.05) is 18.1 Å². The number of amides is 1. The number of nitrogens with two attached hydrogens (primary N) is 1. The lowest BCUT2D eigenvalue weighted by Crippen LogP contribution is -2.18. The van der Waals surface area contributed by atoms with Gasteiger partial charge in [-0.3, -0.25) is 4.79 Å². The van der Waals surface area contributed by atoms with E-state index in [1.54, 1.807) is 6.07 Å². The molecule has 0 aliphatic carbocycles. The lowest BCUT2D eigenvalue weighted by atomic mass is 10.1. The molecule has 22 heavy (non-hydrogen) atoms. The van der Waals surface area contributed by atoms with Gasteiger partial charge in [-0.05, 0) is 18.1 Å². The van der Waals surface area contributed by atoms with Crippen molar-refractivity contribution in [2.75, 3.05) is 6.61 Å². The second-order valence-corrected chi connectivity index (χ2v) is 5.73. The molecular formula is C15H15Cl2N3O2. The molecular weight excluding hydrogens is 325 g/mol. The van der Waals surface area contributed by atoms with Crippen LogP contribution in [-0.2, 0) is 4.79 Å². The van der Waals surface area contributed by atoms with Crippen molar-refractivity contribution in [3.05, 3.63) is 40.6 Å². The first-order valence-electron chi connectivity index (χ1n) is 6.65. The van der Waals surface area contributed by atoms with Gasteiger partial charge in [-0.1, -0.05) is 42.3 Å². The quantitative estimate of drug-likeness (QED) is 0.818. The Labute approximate surface area is 138 Å². The third-order valence-electron chi connectivity index (χ3n) is 2.84. The first-order chi connectivity index (χ1) is 10.4. The standard InChI is InChI=1S/C15H15Cl2N3O2/c1-9(5-14(18)21)8-22-11-4-2-3-10(6-11)15-19-12(16)7-13(17)20-15/h2-4,6-7,9H,5,8H2,1H3,(H2,18,21). The molecule has 1 atom stereocenters. The van der Waals surface area contributed by atoms with Crippen LogP contribution in [0.5, 0.6) is 5.75 Å². The Morgan fingerprint density at radius 3 is 2.59 bits per heavy atom. The Bertz CT molecular complexity index is 659. The molecule has 116 valence electrons. The van der Waals surface area contributed by atoms with E-state index in [1.807, 2.05) is 25.1 Å². The van der Waals surface area contributed by atoms with Crippen molar-refractivity contribution >= 4 is 29.1 Å². The van der Waals surface area contributed by atoms with E-state index in [4.69, 9.17) is 33.7 Å². The van der Waals surface area contributed by atoms with Crippen LogP contribution in [0.25, 0.3) is 11.4 Å². The van der Waals surface area contributed by atoms with Crippen LogP contribution in [0.3, 0.4) is 0 Å². The number of benzene rings is 1. The highest BCUT2D eigenvalue weighted by atomic mass is 35.5. The molecule has 2 N–H and O–H groups in total. The molecule has 7 heteroatoms. The van der Waals surface area contributed by atoms with Crippen LogP contribution in [0.15, 0.2) is 30.3 Å². The summed E-state index contributed by atoms with van der Waals surface area (Å²) >= 11 is 11.8. The third-order valence-corrected chi connectivity index (χ3v) is 3.23. The van der Waals surface area contributed by atoms with Gasteiger partial charge in [-0.15, -0.1) is 0 Å². The van der Waals surface area contributed by atoms with E-state index in [9.17, 15) is 4.79 Å². The SMILES string of the molecule is CC(COc1cccc(-c2nc(Cl)cc(Cl)n2)c1)CC(N)=O. The molecule has 1 heterocycles. The zero-order chi connectivity index (χ0) is 16.1. The zero-order valence-corrected chi connectivity index (χ0v) is 13.4. The van der Waals surface area contributed by atoms with Crippen LogP contribution >= 0.6 is 23.2 Å². The summed E-state index contributed by atoms with van der Waals surface area (Å²) in [5.41, 5.74) is 5.89. The number of hydrogen-bond donors (Lipinski definition) is 1. The molecule has 1 aromatic carbocycles. The van der Waals surface area contributed by atoms with Crippen molar-refractivity contribution in [3.8, 4) is 17.1 Å². The molecule has 1 amide bonds. The molecule has 2 rings (SSSR count). The average molecular weight is 340 g/mol. The van der Waals surface area contributed by atoms with Gasteiger partial charge in [0.2, 0.25) is 5.91 Å². The Morgan fingerprint density at radius 2 is 1.95 bits per heavy atom. The van der Waals surface area contributed by atoms with Gasteiger partial charge in [-0.25, -0.2) is 9.97 Å². The van der Waals surface area contributed by atoms with Crippen LogP contribution in [0.4, 0.5) is 0 Å². The Kier molecular flexibility index (Phi) is 5.57. The average Bonchev–Trinajstić information content (AvgIpc) is 2.44. The monoisotopic (exact) mass is 339 g/mol. The molecule has 0 saturated carbocycles. The van der Waals surface area contributed by atoms with E-state index in [0.717, 1.165) is 5.56 Å². The normalized spacial score (nSPS) is 12.0. The summed E-state index contributed by atoms with van der Waals surface area (Å²) in [7, 11) is 0. The fraction of sp³-hybridized carbons (Fsp3) is 0.267. The van der Waals surface area contributed by atoms with Gasteiger partial charge >= 0.3 is 0 Å². The molecule has 2 aromatic rings. The highest BCUT2D eigenvalue weighted by Crippen LogP contribution is 2.24. The Morgan fingerprint density at radius 1 is 1.27 bits per heavy atom. The van der Waals surface area contributed by atoms with Crippen molar-refractivity contribution in [3.63, 3.8) is 0 Å². The largest absolute Gasteiger partial charge is 0.493 e. The lowest BCUT2D eigenvalue weighted by Gasteiger charge is -2.12. The van der Waals surface area contributed by atoms with Crippen LogP contribution in [0.1, 0.15) is 13.3 Å². The van der Waals surface area contributed by atoms with Gasteiger partial charge in [0.05, 0.1) is 6.61 Å². The van der Waals surface area contributed by atoms with Crippen molar-refractivity contribution in [1.82, 2.24) is 9.97 Å². The third kappa shape index (κ3) is 4.86. The van der Waals surface area contributed by atoms with Gasteiger partial charge in [0.15, 0.2) is 5.82 Å². The summed E-state index contributed by atoms with van der Waals surface area (Å²) < 4.78 is 5.66. The molecule has 0 radical (unpaired) electrons. The van der Waals surface area contributed by atoms with E-state index in [1.165, 1.54) is 6.07 Å². The van der Waals surface area contributed by atoms with E-state index >= 15 is 0 Å². The van der Waals surface area contributed by atoms with Crippen molar-refractivity contribution in [2.24, 2.45) is 11.7 Å². The summed E-state index contributed by atoms with van der Waals surface area (Å²) in [5.74, 6) is 0.770. The fourth-order valence-corrected chi connectivity index (χ4v) is 2.31. The smallest absolute Gasteiger partial charge is 0.217 e. The number of rotatable bonds is 6. The summed E-state index contributed by atoms with van der Waals surface area (Å²) in [5, 5.41) is 0.549. The molecule has 5 nitrogen and oxygen atoms in total. The number of nitrogens with zero attached hydrogens (tertiary/aromatic N) is 2. The predicted molar refractivity (Wildman–Crippen MR) is 86.0 cm³/mol. The number of hydrogen-bond acceptors (Lipinski definition) is 4.